The van der Waals surface area contributed by atoms with Gasteiger partial charge in [0, 0.05) is 30.9 Å². The summed E-state index contributed by atoms with van der Waals surface area (Å²) in [6.45, 7) is 1.53. The van der Waals surface area contributed by atoms with Gasteiger partial charge < -0.3 is 4.74 Å². The average molecular weight is 263 g/mol. The normalized spacial score (nSPS) is 9.22. The Balaban J connectivity index is 2.59. The molecular formula is C13H13NO3S. The molecule has 18 heavy (non-hydrogen) atoms. The largest absolute Gasteiger partial charge is 0.464 e. The highest BCUT2D eigenvalue weighted by molar-refractivity contribution is 8.13. The molecule has 5 heteroatoms. The first-order valence-electron chi connectivity index (χ1n) is 5.30. The van der Waals surface area contributed by atoms with Crippen LogP contribution in [0.1, 0.15) is 29.4 Å². The summed E-state index contributed by atoms with van der Waals surface area (Å²) in [5.41, 5.74) is 0.945. The van der Waals surface area contributed by atoms with Crippen molar-refractivity contribution >= 4 is 22.8 Å². The molecule has 0 bridgehead atoms. The first-order valence-corrected chi connectivity index (χ1v) is 6.28. The average Bonchev–Trinajstić information content (AvgIpc) is 2.37. The molecule has 0 amide bonds. The molecule has 0 radical (unpaired) electrons. The van der Waals surface area contributed by atoms with Gasteiger partial charge in [-0.1, -0.05) is 23.6 Å². The van der Waals surface area contributed by atoms with Gasteiger partial charge in [0.05, 0.1) is 7.11 Å². The Hall–Kier alpha value is -1.80. The molecule has 94 valence electrons. The summed E-state index contributed by atoms with van der Waals surface area (Å²) >= 11 is 1.25. The van der Waals surface area contributed by atoms with Crippen LogP contribution >= 0.6 is 11.8 Å². The summed E-state index contributed by atoms with van der Waals surface area (Å²) in [6.07, 6.45) is 2.14. The van der Waals surface area contributed by atoms with Crippen molar-refractivity contribution in [2.24, 2.45) is 0 Å². The van der Waals surface area contributed by atoms with E-state index in [4.69, 9.17) is 0 Å². The van der Waals surface area contributed by atoms with E-state index < -0.39 is 5.97 Å². The van der Waals surface area contributed by atoms with Crippen LogP contribution in [0.15, 0.2) is 18.3 Å². The third-order valence-electron chi connectivity index (χ3n) is 1.92. The minimum absolute atomic E-state index is 0.0914. The van der Waals surface area contributed by atoms with Crippen LogP contribution in [0.5, 0.6) is 0 Å². The molecule has 0 atom stereocenters. The zero-order valence-electron chi connectivity index (χ0n) is 10.2. The van der Waals surface area contributed by atoms with Crippen LogP contribution in [-0.4, -0.2) is 28.9 Å². The lowest BCUT2D eigenvalue weighted by Gasteiger charge is -1.97. The molecule has 4 nitrogen and oxygen atoms in total. The number of carbonyl (C=O) groups is 2. The Bertz CT molecular complexity index is 502. The summed E-state index contributed by atoms with van der Waals surface area (Å²) in [5, 5.41) is 0.0914. The van der Waals surface area contributed by atoms with Crippen LogP contribution in [0.25, 0.3) is 0 Å². The van der Waals surface area contributed by atoms with Gasteiger partial charge in [0.2, 0.25) is 0 Å². The number of nitrogens with zero attached hydrogens (tertiary/aromatic N) is 1. The Morgan fingerprint density at radius 3 is 2.94 bits per heavy atom. The molecule has 0 unspecified atom stereocenters. The maximum Gasteiger partial charge on any atom is 0.356 e. The SMILES string of the molecule is COC(=O)c1cc(C#CCCSC(C)=O)ccn1. The molecule has 1 aromatic heterocycles. The molecule has 0 spiro atoms. The van der Waals surface area contributed by atoms with E-state index in [0.29, 0.717) is 17.7 Å². The highest BCUT2D eigenvalue weighted by Gasteiger charge is 2.05. The predicted octanol–water partition coefficient (Wildman–Crippen LogP) is 1.89. The summed E-state index contributed by atoms with van der Waals surface area (Å²) < 4.78 is 4.57. The van der Waals surface area contributed by atoms with Gasteiger partial charge >= 0.3 is 5.97 Å². The molecule has 1 rings (SSSR count). The number of thioether (sulfide) groups is 1. The zero-order chi connectivity index (χ0) is 13.4. The number of hydrogen-bond donors (Lipinski definition) is 0. The second-order valence-corrected chi connectivity index (χ2v) is 4.58. The summed E-state index contributed by atoms with van der Waals surface area (Å²) in [5.74, 6) is 6.05. The van der Waals surface area contributed by atoms with Gasteiger partial charge in [-0.15, -0.1) is 0 Å². The van der Waals surface area contributed by atoms with E-state index in [-0.39, 0.29) is 10.8 Å². The Kier molecular flexibility index (Phi) is 5.95. The monoisotopic (exact) mass is 263 g/mol. The molecule has 0 saturated carbocycles. The molecule has 0 aliphatic carbocycles. The highest BCUT2D eigenvalue weighted by Crippen LogP contribution is 2.04. The van der Waals surface area contributed by atoms with Gasteiger partial charge in [0.25, 0.3) is 0 Å². The first-order chi connectivity index (χ1) is 8.63. The fourth-order valence-corrected chi connectivity index (χ4v) is 1.63. The Morgan fingerprint density at radius 2 is 2.28 bits per heavy atom. The summed E-state index contributed by atoms with van der Waals surface area (Å²) in [6, 6.07) is 3.30. The minimum atomic E-state index is -0.481. The van der Waals surface area contributed by atoms with Crippen molar-refractivity contribution in [2.45, 2.75) is 13.3 Å². The van der Waals surface area contributed by atoms with Gasteiger partial charge in [-0.25, -0.2) is 9.78 Å². The molecule has 0 aliphatic heterocycles. The molecule has 0 fully saturated rings. The van der Waals surface area contributed by atoms with E-state index in [1.165, 1.54) is 32.0 Å². The first kappa shape index (κ1) is 14.3. The number of ether oxygens (including phenoxy) is 1. The molecule has 0 saturated heterocycles. The molecule has 1 aromatic rings. The van der Waals surface area contributed by atoms with E-state index in [2.05, 4.69) is 21.6 Å². The number of rotatable bonds is 3. The number of methoxy groups -OCH3 is 1. The van der Waals surface area contributed by atoms with E-state index in [0.717, 1.165) is 0 Å². The minimum Gasteiger partial charge on any atom is -0.464 e. The number of aromatic nitrogens is 1. The topological polar surface area (TPSA) is 56.3 Å². The molecule has 0 aromatic carbocycles. The van der Waals surface area contributed by atoms with Crippen molar-refractivity contribution < 1.29 is 14.3 Å². The van der Waals surface area contributed by atoms with Crippen LogP contribution in [0.4, 0.5) is 0 Å². The van der Waals surface area contributed by atoms with Crippen molar-refractivity contribution in [3.63, 3.8) is 0 Å². The zero-order valence-corrected chi connectivity index (χ0v) is 11.0. The lowest BCUT2D eigenvalue weighted by atomic mass is 10.2. The second-order valence-electron chi connectivity index (χ2n) is 3.31. The van der Waals surface area contributed by atoms with Gasteiger partial charge in [-0.05, 0) is 12.1 Å². The van der Waals surface area contributed by atoms with E-state index >= 15 is 0 Å². The fraction of sp³-hybridized carbons (Fsp3) is 0.308. The fourth-order valence-electron chi connectivity index (χ4n) is 1.13. The molecule has 0 N–H and O–H groups in total. The lowest BCUT2D eigenvalue weighted by molar-refractivity contribution is -0.109. The maximum absolute atomic E-state index is 11.2. The van der Waals surface area contributed by atoms with Crippen LogP contribution < -0.4 is 0 Å². The number of carbonyl (C=O) groups excluding carboxylic acids is 2. The highest BCUT2D eigenvalue weighted by atomic mass is 32.2. The third kappa shape index (κ3) is 5.02. The van der Waals surface area contributed by atoms with Gasteiger partial charge in [0.15, 0.2) is 5.12 Å². The Labute approximate surface area is 110 Å². The van der Waals surface area contributed by atoms with Crippen LogP contribution in [0.2, 0.25) is 0 Å². The van der Waals surface area contributed by atoms with Crippen molar-refractivity contribution in [3.05, 3.63) is 29.6 Å². The smallest absolute Gasteiger partial charge is 0.356 e. The molecular weight excluding hydrogens is 250 g/mol. The number of pyridine rings is 1. The number of hydrogen-bond acceptors (Lipinski definition) is 5. The van der Waals surface area contributed by atoms with Gasteiger partial charge in [-0.3, -0.25) is 4.79 Å². The van der Waals surface area contributed by atoms with Gasteiger partial charge in [0.1, 0.15) is 5.69 Å². The van der Waals surface area contributed by atoms with E-state index in [1.807, 2.05) is 0 Å². The van der Waals surface area contributed by atoms with Crippen molar-refractivity contribution in [2.75, 3.05) is 12.9 Å². The standard InChI is InChI=1S/C13H13NO3S/c1-10(15)18-8-4-3-5-11-6-7-14-12(9-11)13(16)17-2/h6-7,9H,4,8H2,1-2H3. The van der Waals surface area contributed by atoms with Crippen molar-refractivity contribution in [3.8, 4) is 11.8 Å². The van der Waals surface area contributed by atoms with Crippen LogP contribution in [0, 0.1) is 11.8 Å². The summed E-state index contributed by atoms with van der Waals surface area (Å²) in [4.78, 5) is 25.8. The van der Waals surface area contributed by atoms with E-state index in [9.17, 15) is 9.59 Å². The predicted molar refractivity (Wildman–Crippen MR) is 70.2 cm³/mol. The van der Waals surface area contributed by atoms with Crippen LogP contribution in [0.3, 0.4) is 0 Å². The number of esters is 1. The van der Waals surface area contributed by atoms with Gasteiger partial charge in [-0.2, -0.15) is 0 Å². The van der Waals surface area contributed by atoms with Crippen molar-refractivity contribution in [1.29, 1.82) is 0 Å². The molecule has 1 heterocycles. The van der Waals surface area contributed by atoms with Crippen molar-refractivity contribution in [1.82, 2.24) is 4.98 Å². The Morgan fingerprint density at radius 1 is 1.50 bits per heavy atom. The summed E-state index contributed by atoms with van der Waals surface area (Å²) in [7, 11) is 1.31. The van der Waals surface area contributed by atoms with E-state index in [1.54, 1.807) is 12.1 Å². The third-order valence-corrected chi connectivity index (χ3v) is 2.73. The van der Waals surface area contributed by atoms with Crippen LogP contribution in [-0.2, 0) is 9.53 Å². The second kappa shape index (κ2) is 7.51. The quantitative estimate of drug-likeness (QED) is 0.473. The maximum atomic E-state index is 11.2. The lowest BCUT2D eigenvalue weighted by Crippen LogP contribution is -2.03. The molecule has 0 aliphatic rings.